The molecule has 1 fully saturated rings. The Hall–Kier alpha value is -0.380. The average Bonchev–Trinajstić information content (AvgIpc) is 2.51. The monoisotopic (exact) mass is 210 g/mol. The van der Waals surface area contributed by atoms with Gasteiger partial charge in [0.05, 0.1) is 0 Å². The predicted octanol–water partition coefficient (Wildman–Crippen LogP) is 1.85. The van der Waals surface area contributed by atoms with E-state index >= 15 is 0 Å². The van der Waals surface area contributed by atoms with Crippen LogP contribution in [-0.2, 0) is 6.54 Å². The van der Waals surface area contributed by atoms with Gasteiger partial charge >= 0.3 is 0 Å². The van der Waals surface area contributed by atoms with Gasteiger partial charge in [-0.05, 0) is 26.0 Å². The molecule has 1 aliphatic heterocycles. The molecule has 1 aromatic heterocycles. The van der Waals surface area contributed by atoms with Gasteiger partial charge in [0.2, 0.25) is 0 Å². The molecule has 0 aromatic carbocycles. The second-order valence-electron chi connectivity index (χ2n) is 4.10. The van der Waals surface area contributed by atoms with Gasteiger partial charge in [0, 0.05) is 42.0 Å². The van der Waals surface area contributed by atoms with E-state index in [1.54, 1.807) is 0 Å². The third kappa shape index (κ3) is 2.56. The predicted molar refractivity (Wildman–Crippen MR) is 61.8 cm³/mol. The Kier molecular flexibility index (Phi) is 3.21. The van der Waals surface area contributed by atoms with Crippen molar-refractivity contribution in [2.45, 2.75) is 26.4 Å². The molecule has 1 saturated heterocycles. The van der Waals surface area contributed by atoms with Gasteiger partial charge in [-0.2, -0.15) is 0 Å². The zero-order valence-electron chi connectivity index (χ0n) is 8.92. The van der Waals surface area contributed by atoms with Gasteiger partial charge in [-0.15, -0.1) is 11.3 Å². The van der Waals surface area contributed by atoms with Crippen LogP contribution >= 0.6 is 11.3 Å². The van der Waals surface area contributed by atoms with E-state index in [4.69, 9.17) is 0 Å². The third-order valence-electron chi connectivity index (χ3n) is 2.63. The lowest BCUT2D eigenvalue weighted by molar-refractivity contribution is 0.201. The van der Waals surface area contributed by atoms with Gasteiger partial charge < -0.3 is 5.32 Å². The minimum absolute atomic E-state index is 0.643. The van der Waals surface area contributed by atoms with Crippen LogP contribution in [0.2, 0.25) is 0 Å². The summed E-state index contributed by atoms with van der Waals surface area (Å²) in [5.74, 6) is 0. The third-order valence-corrected chi connectivity index (χ3v) is 3.61. The minimum Gasteiger partial charge on any atom is -0.312 e. The molecule has 0 bridgehead atoms. The van der Waals surface area contributed by atoms with E-state index in [2.05, 4.69) is 36.2 Å². The highest BCUT2D eigenvalue weighted by molar-refractivity contribution is 7.11. The molecule has 14 heavy (non-hydrogen) atoms. The van der Waals surface area contributed by atoms with E-state index in [1.807, 2.05) is 11.3 Å². The maximum absolute atomic E-state index is 3.46. The molecular formula is C11H18N2S. The van der Waals surface area contributed by atoms with E-state index in [0.29, 0.717) is 6.04 Å². The molecule has 2 rings (SSSR count). The normalized spacial score (nSPS) is 24.0. The maximum atomic E-state index is 3.46. The molecule has 2 nitrogen and oxygen atoms in total. The first-order chi connectivity index (χ1) is 6.74. The summed E-state index contributed by atoms with van der Waals surface area (Å²) in [6, 6.07) is 5.11. The first-order valence-corrected chi connectivity index (χ1v) is 6.07. The lowest BCUT2D eigenvalue weighted by Gasteiger charge is -2.31. The van der Waals surface area contributed by atoms with E-state index in [-0.39, 0.29) is 0 Å². The van der Waals surface area contributed by atoms with Crippen LogP contribution in [0.25, 0.3) is 0 Å². The average molecular weight is 210 g/mol. The van der Waals surface area contributed by atoms with Crippen LogP contribution in [0, 0.1) is 6.92 Å². The number of aryl methyl sites for hydroxylation is 1. The summed E-state index contributed by atoms with van der Waals surface area (Å²) in [7, 11) is 0. The standard InChI is InChI=1S/C11H18N2S/c1-9-7-13(6-5-12-9)8-11-4-3-10(2)14-11/h3-4,9,12H,5-8H2,1-2H3/t9-/m1/s1. The second-order valence-corrected chi connectivity index (χ2v) is 5.48. The molecule has 0 amide bonds. The Morgan fingerprint density at radius 3 is 3.07 bits per heavy atom. The first-order valence-electron chi connectivity index (χ1n) is 5.25. The summed E-state index contributed by atoms with van der Waals surface area (Å²) in [6.07, 6.45) is 0. The smallest absolute Gasteiger partial charge is 0.0329 e. The topological polar surface area (TPSA) is 15.3 Å². The zero-order chi connectivity index (χ0) is 9.97. The molecule has 1 N–H and O–H groups in total. The number of thiophene rings is 1. The van der Waals surface area contributed by atoms with Crippen LogP contribution < -0.4 is 5.32 Å². The number of rotatable bonds is 2. The van der Waals surface area contributed by atoms with Crippen LogP contribution in [0.5, 0.6) is 0 Å². The van der Waals surface area contributed by atoms with Gasteiger partial charge in [-0.1, -0.05) is 0 Å². The van der Waals surface area contributed by atoms with Gasteiger partial charge in [0.15, 0.2) is 0 Å². The Morgan fingerprint density at radius 2 is 2.43 bits per heavy atom. The molecule has 1 aliphatic rings. The number of nitrogens with one attached hydrogen (secondary N) is 1. The molecule has 0 saturated carbocycles. The van der Waals surface area contributed by atoms with Gasteiger partial charge in [0.25, 0.3) is 0 Å². The SMILES string of the molecule is Cc1ccc(CN2CCN[C@H](C)C2)s1. The molecule has 0 spiro atoms. The Labute approximate surface area is 89.9 Å². The van der Waals surface area contributed by atoms with E-state index in [9.17, 15) is 0 Å². The van der Waals surface area contributed by atoms with Crippen molar-refractivity contribution in [2.75, 3.05) is 19.6 Å². The van der Waals surface area contributed by atoms with Crippen molar-refractivity contribution in [1.82, 2.24) is 10.2 Å². The Balaban J connectivity index is 1.90. The molecule has 1 atom stereocenters. The van der Waals surface area contributed by atoms with E-state index < -0.39 is 0 Å². The number of hydrogen-bond donors (Lipinski definition) is 1. The fourth-order valence-corrected chi connectivity index (χ4v) is 2.88. The second kappa shape index (κ2) is 4.43. The van der Waals surface area contributed by atoms with Crippen molar-refractivity contribution in [3.63, 3.8) is 0 Å². The van der Waals surface area contributed by atoms with Crippen molar-refractivity contribution in [1.29, 1.82) is 0 Å². The molecule has 1 aromatic rings. The molecule has 78 valence electrons. The van der Waals surface area contributed by atoms with Crippen molar-refractivity contribution in [3.05, 3.63) is 21.9 Å². The van der Waals surface area contributed by atoms with Gasteiger partial charge in [-0.3, -0.25) is 4.90 Å². The van der Waals surface area contributed by atoms with Crippen LogP contribution in [0.3, 0.4) is 0 Å². The van der Waals surface area contributed by atoms with Crippen molar-refractivity contribution in [2.24, 2.45) is 0 Å². The summed E-state index contributed by atoms with van der Waals surface area (Å²) in [5, 5.41) is 3.46. The molecule has 3 heteroatoms. The quantitative estimate of drug-likeness (QED) is 0.801. The summed E-state index contributed by atoms with van der Waals surface area (Å²) in [5.41, 5.74) is 0. The van der Waals surface area contributed by atoms with Gasteiger partial charge in [-0.25, -0.2) is 0 Å². The summed E-state index contributed by atoms with van der Waals surface area (Å²) in [6.45, 7) is 9.05. The van der Waals surface area contributed by atoms with Crippen LogP contribution in [0.15, 0.2) is 12.1 Å². The zero-order valence-corrected chi connectivity index (χ0v) is 9.73. The fourth-order valence-electron chi connectivity index (χ4n) is 1.95. The highest BCUT2D eigenvalue weighted by atomic mass is 32.1. The van der Waals surface area contributed by atoms with Crippen molar-refractivity contribution < 1.29 is 0 Å². The van der Waals surface area contributed by atoms with Crippen LogP contribution in [-0.4, -0.2) is 30.6 Å². The number of piperazine rings is 1. The summed E-state index contributed by atoms with van der Waals surface area (Å²) >= 11 is 1.92. The molecule has 2 heterocycles. The van der Waals surface area contributed by atoms with Crippen molar-refractivity contribution in [3.8, 4) is 0 Å². The van der Waals surface area contributed by atoms with E-state index in [0.717, 1.165) is 13.1 Å². The first kappa shape index (κ1) is 10.1. The molecular weight excluding hydrogens is 192 g/mol. The molecule has 0 aliphatic carbocycles. The summed E-state index contributed by atoms with van der Waals surface area (Å²) in [4.78, 5) is 5.45. The lowest BCUT2D eigenvalue weighted by atomic mass is 10.2. The number of hydrogen-bond acceptors (Lipinski definition) is 3. The van der Waals surface area contributed by atoms with Crippen LogP contribution in [0.4, 0.5) is 0 Å². The van der Waals surface area contributed by atoms with E-state index in [1.165, 1.54) is 22.8 Å². The highest BCUT2D eigenvalue weighted by Crippen LogP contribution is 2.17. The maximum Gasteiger partial charge on any atom is 0.0329 e. The minimum atomic E-state index is 0.643. The lowest BCUT2D eigenvalue weighted by Crippen LogP contribution is -2.48. The largest absolute Gasteiger partial charge is 0.312 e. The van der Waals surface area contributed by atoms with Crippen LogP contribution in [0.1, 0.15) is 16.7 Å². The fraction of sp³-hybridized carbons (Fsp3) is 0.636. The molecule has 0 unspecified atom stereocenters. The van der Waals surface area contributed by atoms with Crippen molar-refractivity contribution >= 4 is 11.3 Å². The Morgan fingerprint density at radius 1 is 1.57 bits per heavy atom. The number of nitrogens with zero attached hydrogens (tertiary/aromatic N) is 1. The molecule has 0 radical (unpaired) electrons. The van der Waals surface area contributed by atoms with Gasteiger partial charge in [0.1, 0.15) is 0 Å². The highest BCUT2D eigenvalue weighted by Gasteiger charge is 2.15. The Bertz CT molecular complexity index is 295. The summed E-state index contributed by atoms with van der Waals surface area (Å²) < 4.78 is 0.